The molecule has 1 saturated carbocycles. The van der Waals surface area contributed by atoms with Gasteiger partial charge in [0.1, 0.15) is 5.82 Å². The fourth-order valence-corrected chi connectivity index (χ4v) is 2.64. The van der Waals surface area contributed by atoms with Gasteiger partial charge in [-0.05, 0) is 63.6 Å². The molecule has 21 heavy (non-hydrogen) atoms. The van der Waals surface area contributed by atoms with E-state index >= 15 is 0 Å². The summed E-state index contributed by atoms with van der Waals surface area (Å²) in [7, 11) is 2.18. The van der Waals surface area contributed by atoms with Crippen molar-refractivity contribution in [3.05, 3.63) is 23.4 Å². The predicted molar refractivity (Wildman–Crippen MR) is 90.8 cm³/mol. The zero-order chi connectivity index (χ0) is 15.5. The number of nitrogens with zero attached hydrogens (tertiary/aromatic N) is 2. The summed E-state index contributed by atoms with van der Waals surface area (Å²) in [4.78, 5) is 7.14. The number of hydrogen-bond donors (Lipinski definition) is 1. The smallest absolute Gasteiger partial charge is 0.128 e. The van der Waals surface area contributed by atoms with E-state index in [0.29, 0.717) is 0 Å². The van der Waals surface area contributed by atoms with Crippen molar-refractivity contribution in [3.63, 3.8) is 0 Å². The molecule has 118 valence electrons. The van der Waals surface area contributed by atoms with Gasteiger partial charge in [0.25, 0.3) is 0 Å². The maximum atomic E-state index is 4.81. The zero-order valence-corrected chi connectivity index (χ0v) is 14.4. The van der Waals surface area contributed by atoms with Crippen LogP contribution in [-0.4, -0.2) is 24.1 Å². The van der Waals surface area contributed by atoms with Crippen LogP contribution in [0.25, 0.3) is 0 Å². The molecule has 1 aromatic rings. The van der Waals surface area contributed by atoms with Crippen LogP contribution in [-0.2, 0) is 13.0 Å². The van der Waals surface area contributed by atoms with Crippen LogP contribution in [0.4, 0.5) is 5.82 Å². The number of hydrogen-bond acceptors (Lipinski definition) is 3. The molecule has 2 rings (SSSR count). The second-order valence-corrected chi connectivity index (χ2v) is 7.46. The number of rotatable bonds is 6. The van der Waals surface area contributed by atoms with Crippen molar-refractivity contribution in [2.75, 3.05) is 18.5 Å². The summed E-state index contributed by atoms with van der Waals surface area (Å²) in [6.07, 6.45) is 5.17. The second-order valence-electron chi connectivity index (χ2n) is 7.46. The summed E-state index contributed by atoms with van der Waals surface area (Å²) in [5.74, 6) is 2.00. The lowest BCUT2D eigenvalue weighted by molar-refractivity contribution is 0.321. The Morgan fingerprint density at radius 1 is 1.29 bits per heavy atom. The lowest BCUT2D eigenvalue weighted by Crippen LogP contribution is -2.35. The summed E-state index contributed by atoms with van der Waals surface area (Å²) in [6, 6.07) is 4.48. The molecule has 0 bridgehead atoms. The van der Waals surface area contributed by atoms with E-state index in [2.05, 4.69) is 57.1 Å². The summed E-state index contributed by atoms with van der Waals surface area (Å²) in [5.41, 5.74) is 2.68. The highest BCUT2D eigenvalue weighted by molar-refractivity contribution is 5.42. The molecule has 0 atom stereocenters. The van der Waals surface area contributed by atoms with Crippen LogP contribution in [0, 0.1) is 5.92 Å². The highest BCUT2D eigenvalue weighted by Crippen LogP contribution is 2.28. The Labute approximate surface area is 130 Å². The van der Waals surface area contributed by atoms with Gasteiger partial charge in [-0.2, -0.15) is 0 Å². The number of pyridine rings is 1. The Hall–Kier alpha value is -1.09. The monoisotopic (exact) mass is 289 g/mol. The first-order valence-electron chi connectivity index (χ1n) is 8.33. The SMILES string of the molecule is CCc1cc(CNC(C)(C)C)cc(N(C)CC2CCC2)n1. The van der Waals surface area contributed by atoms with Crippen LogP contribution >= 0.6 is 0 Å². The van der Waals surface area contributed by atoms with Gasteiger partial charge in [-0.3, -0.25) is 0 Å². The topological polar surface area (TPSA) is 28.2 Å². The molecule has 1 aliphatic carbocycles. The van der Waals surface area contributed by atoms with E-state index < -0.39 is 0 Å². The molecule has 1 heterocycles. The summed E-state index contributed by atoms with van der Waals surface area (Å²) >= 11 is 0. The Kier molecular flexibility index (Phi) is 5.26. The fourth-order valence-electron chi connectivity index (χ4n) is 2.64. The van der Waals surface area contributed by atoms with Gasteiger partial charge in [0.15, 0.2) is 0 Å². The summed E-state index contributed by atoms with van der Waals surface area (Å²) < 4.78 is 0. The molecule has 0 unspecified atom stereocenters. The first-order chi connectivity index (χ1) is 9.87. The average Bonchev–Trinajstić information content (AvgIpc) is 2.39. The van der Waals surface area contributed by atoms with Gasteiger partial charge < -0.3 is 10.2 Å². The van der Waals surface area contributed by atoms with Gasteiger partial charge in [0.05, 0.1) is 0 Å². The molecular formula is C18H31N3. The number of aryl methyl sites for hydroxylation is 1. The van der Waals surface area contributed by atoms with Crippen LogP contribution in [0.5, 0.6) is 0 Å². The van der Waals surface area contributed by atoms with Crippen molar-refractivity contribution in [3.8, 4) is 0 Å². The molecule has 1 N–H and O–H groups in total. The Bertz CT molecular complexity index is 458. The molecule has 0 saturated heterocycles. The minimum Gasteiger partial charge on any atom is -0.359 e. The minimum absolute atomic E-state index is 0.146. The van der Waals surface area contributed by atoms with Crippen LogP contribution < -0.4 is 10.2 Å². The standard InChI is InChI=1S/C18H31N3/c1-6-16-10-15(12-19-18(2,3)4)11-17(20-16)21(5)13-14-8-7-9-14/h10-11,14,19H,6-9,12-13H2,1-5H3. The van der Waals surface area contributed by atoms with E-state index in [9.17, 15) is 0 Å². The maximum Gasteiger partial charge on any atom is 0.128 e. The Balaban J connectivity index is 2.08. The number of anilines is 1. The van der Waals surface area contributed by atoms with Gasteiger partial charge in [-0.15, -0.1) is 0 Å². The Morgan fingerprint density at radius 3 is 2.52 bits per heavy atom. The molecule has 0 aliphatic heterocycles. The molecule has 3 heteroatoms. The van der Waals surface area contributed by atoms with Crippen molar-refractivity contribution in [2.45, 2.75) is 65.5 Å². The maximum absolute atomic E-state index is 4.81. The van der Waals surface area contributed by atoms with Gasteiger partial charge in [0.2, 0.25) is 0 Å². The third-order valence-electron chi connectivity index (χ3n) is 4.26. The van der Waals surface area contributed by atoms with Crippen molar-refractivity contribution in [1.82, 2.24) is 10.3 Å². The second kappa shape index (κ2) is 6.78. The summed E-state index contributed by atoms with van der Waals surface area (Å²) in [5, 5.41) is 3.57. The third-order valence-corrected chi connectivity index (χ3v) is 4.26. The van der Waals surface area contributed by atoms with Crippen LogP contribution in [0.3, 0.4) is 0 Å². The van der Waals surface area contributed by atoms with Crippen molar-refractivity contribution >= 4 is 5.82 Å². The van der Waals surface area contributed by atoms with Crippen molar-refractivity contribution < 1.29 is 0 Å². The molecule has 3 nitrogen and oxygen atoms in total. The van der Waals surface area contributed by atoms with Crippen molar-refractivity contribution in [1.29, 1.82) is 0 Å². The predicted octanol–water partition coefficient (Wildman–Crippen LogP) is 3.77. The quantitative estimate of drug-likeness (QED) is 0.864. The molecule has 1 fully saturated rings. The molecule has 1 aromatic heterocycles. The minimum atomic E-state index is 0.146. The van der Waals surface area contributed by atoms with Gasteiger partial charge in [0, 0.05) is 31.4 Å². The third kappa shape index (κ3) is 4.99. The van der Waals surface area contributed by atoms with Crippen LogP contribution in [0.15, 0.2) is 12.1 Å². The summed E-state index contributed by atoms with van der Waals surface area (Å²) in [6.45, 7) is 10.9. The number of nitrogens with one attached hydrogen (secondary N) is 1. The molecule has 0 radical (unpaired) electrons. The first-order valence-corrected chi connectivity index (χ1v) is 8.33. The average molecular weight is 289 g/mol. The highest BCUT2D eigenvalue weighted by Gasteiger charge is 2.20. The lowest BCUT2D eigenvalue weighted by atomic mass is 9.85. The zero-order valence-electron chi connectivity index (χ0n) is 14.4. The van der Waals surface area contributed by atoms with Gasteiger partial charge >= 0.3 is 0 Å². The van der Waals surface area contributed by atoms with Crippen LogP contribution in [0.2, 0.25) is 0 Å². The number of aromatic nitrogens is 1. The molecule has 0 aromatic carbocycles. The Morgan fingerprint density at radius 2 is 2.00 bits per heavy atom. The van der Waals surface area contributed by atoms with E-state index in [0.717, 1.165) is 31.2 Å². The van der Waals surface area contributed by atoms with E-state index in [1.54, 1.807) is 0 Å². The van der Waals surface area contributed by atoms with E-state index in [4.69, 9.17) is 4.98 Å². The molecular weight excluding hydrogens is 258 g/mol. The van der Waals surface area contributed by atoms with E-state index in [1.165, 1.54) is 30.5 Å². The first kappa shape index (κ1) is 16.3. The van der Waals surface area contributed by atoms with Gasteiger partial charge in [-0.25, -0.2) is 4.98 Å². The van der Waals surface area contributed by atoms with Gasteiger partial charge in [-0.1, -0.05) is 13.3 Å². The molecule has 0 amide bonds. The largest absolute Gasteiger partial charge is 0.359 e. The van der Waals surface area contributed by atoms with Crippen molar-refractivity contribution in [2.24, 2.45) is 5.92 Å². The molecule has 1 aliphatic rings. The van der Waals surface area contributed by atoms with E-state index in [1.807, 2.05) is 0 Å². The fraction of sp³-hybridized carbons (Fsp3) is 0.722. The van der Waals surface area contributed by atoms with E-state index in [-0.39, 0.29) is 5.54 Å². The van der Waals surface area contributed by atoms with Crippen LogP contribution in [0.1, 0.15) is 58.2 Å². The molecule has 0 spiro atoms. The normalized spacial score (nSPS) is 15.9. The lowest BCUT2D eigenvalue weighted by Gasteiger charge is -2.31. The highest BCUT2D eigenvalue weighted by atomic mass is 15.2.